The highest BCUT2D eigenvalue weighted by molar-refractivity contribution is 7.91. The molecule has 0 radical (unpaired) electrons. The molecule has 0 saturated carbocycles. The molecule has 0 aliphatic heterocycles. The molecule has 178 valence electrons. The summed E-state index contributed by atoms with van der Waals surface area (Å²) in [6, 6.07) is 9.88. The van der Waals surface area contributed by atoms with Gasteiger partial charge in [-0.3, -0.25) is 9.19 Å². The summed E-state index contributed by atoms with van der Waals surface area (Å²) < 4.78 is 52.5. The molecule has 0 fully saturated rings. The molecule has 1 atom stereocenters. The molecule has 11 heteroatoms. The van der Waals surface area contributed by atoms with E-state index >= 15 is 0 Å². The van der Waals surface area contributed by atoms with Gasteiger partial charge in [0.15, 0.2) is 0 Å². The summed E-state index contributed by atoms with van der Waals surface area (Å²) in [6.45, 7) is 3.67. The predicted octanol–water partition coefficient (Wildman–Crippen LogP) is 3.32. The van der Waals surface area contributed by atoms with Crippen LogP contribution in [0.2, 0.25) is 0 Å². The van der Waals surface area contributed by atoms with Crippen molar-refractivity contribution in [3.05, 3.63) is 65.5 Å². The van der Waals surface area contributed by atoms with Crippen LogP contribution in [0.1, 0.15) is 16.8 Å². The van der Waals surface area contributed by atoms with Gasteiger partial charge in [0.05, 0.1) is 52.4 Å². The number of aromatic nitrogens is 3. The SMILES string of the molecule is COc1ccc2nc(S(=O)Cc3ncc(C)c(OC)c3C)n(S(=O)(=O)c3ccc(O)cc3)c2c1. The van der Waals surface area contributed by atoms with Crippen molar-refractivity contribution in [2.24, 2.45) is 0 Å². The fourth-order valence-electron chi connectivity index (χ4n) is 3.64. The summed E-state index contributed by atoms with van der Waals surface area (Å²) in [5, 5.41) is 9.45. The Kier molecular flexibility index (Phi) is 6.32. The lowest BCUT2D eigenvalue weighted by molar-refractivity contribution is 0.407. The number of benzene rings is 2. The van der Waals surface area contributed by atoms with Gasteiger partial charge in [0.2, 0.25) is 5.16 Å². The van der Waals surface area contributed by atoms with E-state index in [9.17, 15) is 17.7 Å². The van der Waals surface area contributed by atoms with E-state index in [1.807, 2.05) is 13.8 Å². The summed E-state index contributed by atoms with van der Waals surface area (Å²) in [7, 11) is -3.07. The van der Waals surface area contributed by atoms with Crippen molar-refractivity contribution in [2.75, 3.05) is 14.2 Å². The van der Waals surface area contributed by atoms with Crippen LogP contribution < -0.4 is 9.47 Å². The summed E-state index contributed by atoms with van der Waals surface area (Å²) in [5.41, 5.74) is 2.64. The standard InChI is InChI=1S/C23H23N3O6S2/c1-14-12-24-20(15(2)22(14)32-4)13-33(28)23-25-19-10-7-17(31-3)11-21(19)26(23)34(29,30)18-8-5-16(27)6-9-18/h5-12,27H,13H2,1-4H3. The average Bonchev–Trinajstić information content (AvgIpc) is 3.21. The van der Waals surface area contributed by atoms with Crippen molar-refractivity contribution >= 4 is 31.9 Å². The number of phenolic OH excluding ortho intramolecular Hbond substituents is 1. The normalized spacial score (nSPS) is 12.6. The second-order valence-electron chi connectivity index (χ2n) is 7.55. The Bertz CT molecular complexity index is 1510. The molecular weight excluding hydrogens is 478 g/mol. The Morgan fingerprint density at radius 1 is 1.06 bits per heavy atom. The van der Waals surface area contributed by atoms with E-state index in [-0.39, 0.29) is 27.1 Å². The molecule has 9 nitrogen and oxygen atoms in total. The van der Waals surface area contributed by atoms with Crippen LogP contribution in [0.15, 0.2) is 58.7 Å². The Balaban J connectivity index is 1.89. The molecule has 1 N–H and O–H groups in total. The molecule has 1 unspecified atom stereocenters. The van der Waals surface area contributed by atoms with Crippen molar-refractivity contribution in [2.45, 2.75) is 29.7 Å². The monoisotopic (exact) mass is 501 g/mol. The lowest BCUT2D eigenvalue weighted by Crippen LogP contribution is -2.18. The quantitative estimate of drug-likeness (QED) is 0.409. The minimum atomic E-state index is -4.21. The number of hydrogen-bond acceptors (Lipinski definition) is 8. The number of hydrogen-bond donors (Lipinski definition) is 1. The van der Waals surface area contributed by atoms with Gasteiger partial charge in [0.1, 0.15) is 17.2 Å². The first-order valence-corrected chi connectivity index (χ1v) is 12.9. The first-order chi connectivity index (χ1) is 16.2. The van der Waals surface area contributed by atoms with Gasteiger partial charge in [-0.2, -0.15) is 0 Å². The van der Waals surface area contributed by atoms with Gasteiger partial charge in [-0.15, -0.1) is 0 Å². The number of methoxy groups -OCH3 is 2. The number of aromatic hydroxyl groups is 1. The van der Waals surface area contributed by atoms with Gasteiger partial charge >= 0.3 is 0 Å². The minimum absolute atomic E-state index is 0.0615. The highest BCUT2D eigenvalue weighted by Gasteiger charge is 2.28. The number of ether oxygens (including phenoxy) is 2. The van der Waals surface area contributed by atoms with Crippen LogP contribution in [-0.2, 0) is 26.6 Å². The molecule has 0 aliphatic carbocycles. The molecule has 0 aliphatic rings. The molecule has 0 amide bonds. The highest BCUT2D eigenvalue weighted by Crippen LogP contribution is 2.30. The third-order valence-corrected chi connectivity index (χ3v) is 8.44. The molecule has 4 aromatic rings. The predicted molar refractivity (Wildman–Crippen MR) is 127 cm³/mol. The van der Waals surface area contributed by atoms with Crippen molar-refractivity contribution < 1.29 is 27.2 Å². The fourth-order valence-corrected chi connectivity index (χ4v) is 6.68. The minimum Gasteiger partial charge on any atom is -0.508 e. The van der Waals surface area contributed by atoms with Crippen LogP contribution in [0, 0.1) is 13.8 Å². The van der Waals surface area contributed by atoms with Gasteiger partial charge in [-0.25, -0.2) is 17.4 Å². The molecule has 0 saturated heterocycles. The maximum absolute atomic E-state index is 13.6. The summed E-state index contributed by atoms with van der Waals surface area (Å²) in [6.07, 6.45) is 1.62. The van der Waals surface area contributed by atoms with E-state index in [1.165, 1.54) is 37.4 Å². The third-order valence-electron chi connectivity index (χ3n) is 5.39. The number of fused-ring (bicyclic) bond motifs is 1. The van der Waals surface area contributed by atoms with Gasteiger partial charge < -0.3 is 14.6 Å². The van der Waals surface area contributed by atoms with Crippen LogP contribution in [0.3, 0.4) is 0 Å². The van der Waals surface area contributed by atoms with E-state index in [0.29, 0.717) is 22.7 Å². The van der Waals surface area contributed by atoms with Crippen molar-refractivity contribution in [1.82, 2.24) is 13.9 Å². The molecule has 0 spiro atoms. The lowest BCUT2D eigenvalue weighted by atomic mass is 10.1. The van der Waals surface area contributed by atoms with Gasteiger partial charge in [0.25, 0.3) is 10.0 Å². The molecule has 4 rings (SSSR count). The molecular formula is C23H23N3O6S2. The Morgan fingerprint density at radius 2 is 1.76 bits per heavy atom. The fraction of sp³-hybridized carbons (Fsp3) is 0.217. The van der Waals surface area contributed by atoms with Gasteiger partial charge in [-0.05, 0) is 50.2 Å². The summed E-state index contributed by atoms with van der Waals surface area (Å²) >= 11 is 0. The largest absolute Gasteiger partial charge is 0.508 e. The van der Waals surface area contributed by atoms with Crippen LogP contribution in [0.4, 0.5) is 0 Å². The second-order valence-corrected chi connectivity index (χ2v) is 10.7. The number of pyridine rings is 1. The molecule has 0 bridgehead atoms. The van der Waals surface area contributed by atoms with Crippen LogP contribution in [-0.4, -0.2) is 45.9 Å². The topological polar surface area (TPSA) is 121 Å². The van der Waals surface area contributed by atoms with Crippen molar-refractivity contribution in [3.63, 3.8) is 0 Å². The Hall–Kier alpha value is -3.44. The Labute approximate surface area is 199 Å². The number of nitrogens with zero attached hydrogens (tertiary/aromatic N) is 3. The van der Waals surface area contributed by atoms with E-state index in [0.717, 1.165) is 15.1 Å². The van der Waals surface area contributed by atoms with Crippen molar-refractivity contribution in [1.29, 1.82) is 0 Å². The molecule has 2 heterocycles. The van der Waals surface area contributed by atoms with Crippen LogP contribution in [0.5, 0.6) is 17.2 Å². The van der Waals surface area contributed by atoms with E-state index in [4.69, 9.17) is 9.47 Å². The lowest BCUT2D eigenvalue weighted by Gasteiger charge is -2.13. The second kappa shape index (κ2) is 9.07. The third kappa shape index (κ3) is 4.12. The number of imidazole rings is 1. The number of rotatable bonds is 7. The molecule has 2 aromatic carbocycles. The van der Waals surface area contributed by atoms with E-state index < -0.39 is 20.8 Å². The maximum Gasteiger partial charge on any atom is 0.270 e. The maximum atomic E-state index is 13.6. The molecule has 2 aromatic heterocycles. The first-order valence-electron chi connectivity index (χ1n) is 10.2. The van der Waals surface area contributed by atoms with Crippen molar-refractivity contribution in [3.8, 4) is 17.2 Å². The average molecular weight is 502 g/mol. The van der Waals surface area contributed by atoms with Gasteiger partial charge in [0, 0.05) is 23.4 Å². The highest BCUT2D eigenvalue weighted by atomic mass is 32.2. The Morgan fingerprint density at radius 3 is 2.41 bits per heavy atom. The first kappa shape index (κ1) is 23.7. The van der Waals surface area contributed by atoms with Gasteiger partial charge in [-0.1, -0.05) is 0 Å². The summed E-state index contributed by atoms with van der Waals surface area (Å²) in [4.78, 5) is 8.70. The zero-order valence-electron chi connectivity index (χ0n) is 19.0. The number of aryl methyl sites for hydroxylation is 1. The van der Waals surface area contributed by atoms with Crippen LogP contribution >= 0.6 is 0 Å². The zero-order chi connectivity index (χ0) is 24.6. The molecule has 34 heavy (non-hydrogen) atoms. The number of phenols is 1. The van der Waals surface area contributed by atoms with E-state index in [2.05, 4.69) is 9.97 Å². The van der Waals surface area contributed by atoms with E-state index in [1.54, 1.807) is 25.4 Å². The smallest absolute Gasteiger partial charge is 0.270 e. The summed E-state index contributed by atoms with van der Waals surface area (Å²) in [5.74, 6) is 0.924. The van der Waals surface area contributed by atoms with Crippen LogP contribution in [0.25, 0.3) is 11.0 Å². The zero-order valence-corrected chi connectivity index (χ0v) is 20.6.